The summed E-state index contributed by atoms with van der Waals surface area (Å²) in [6, 6.07) is 11.4. The molecule has 0 spiro atoms. The fourth-order valence-corrected chi connectivity index (χ4v) is 6.48. The van der Waals surface area contributed by atoms with Crippen LogP contribution in [0, 0.1) is 11.3 Å². The molecule has 10 heteroatoms. The number of nitrogens with zero attached hydrogens (tertiary/aromatic N) is 1. The fraction of sp³-hybridized carbons (Fsp3) is 0.292. The molecule has 8 nitrogen and oxygen atoms in total. The van der Waals surface area contributed by atoms with Gasteiger partial charge in [-0.1, -0.05) is 24.6 Å². The Morgan fingerprint density at radius 1 is 1.12 bits per heavy atom. The van der Waals surface area contributed by atoms with Gasteiger partial charge in [0, 0.05) is 10.4 Å². The van der Waals surface area contributed by atoms with Gasteiger partial charge in [-0.15, -0.1) is 11.3 Å². The van der Waals surface area contributed by atoms with Gasteiger partial charge in [0.05, 0.1) is 22.5 Å². The van der Waals surface area contributed by atoms with E-state index in [-0.39, 0.29) is 16.2 Å². The Hall–Kier alpha value is -3.42. The zero-order valence-corrected chi connectivity index (χ0v) is 19.8. The van der Waals surface area contributed by atoms with Crippen LogP contribution in [0.15, 0.2) is 52.0 Å². The highest BCUT2D eigenvalue weighted by atomic mass is 32.2. The molecule has 0 saturated heterocycles. The molecular formula is C24H22N2O6S2. The lowest BCUT2D eigenvalue weighted by molar-refractivity contribution is -0.119. The molecule has 2 heterocycles. The number of hydrogen-bond donors (Lipinski definition) is 1. The summed E-state index contributed by atoms with van der Waals surface area (Å²) in [5.74, 6) is -2.25. The van der Waals surface area contributed by atoms with E-state index in [1.807, 2.05) is 0 Å². The third-order valence-electron chi connectivity index (χ3n) is 5.50. The van der Waals surface area contributed by atoms with Crippen molar-refractivity contribution in [1.29, 1.82) is 5.26 Å². The van der Waals surface area contributed by atoms with Crippen molar-refractivity contribution in [2.75, 3.05) is 11.9 Å². The van der Waals surface area contributed by atoms with Crippen LogP contribution in [-0.4, -0.2) is 26.9 Å². The molecule has 1 aromatic carbocycles. The van der Waals surface area contributed by atoms with Crippen molar-refractivity contribution >= 4 is 38.1 Å². The molecule has 2 aromatic heterocycles. The van der Waals surface area contributed by atoms with E-state index in [0.29, 0.717) is 10.6 Å². The molecule has 0 fully saturated rings. The normalized spacial score (nSPS) is 13.4. The first-order valence-corrected chi connectivity index (χ1v) is 13.2. The van der Waals surface area contributed by atoms with Crippen LogP contribution in [0.4, 0.5) is 5.00 Å². The Balaban J connectivity index is 1.39. The van der Waals surface area contributed by atoms with Gasteiger partial charge in [0.25, 0.3) is 5.91 Å². The number of nitrogens with one attached hydrogen (secondary N) is 1. The van der Waals surface area contributed by atoms with Gasteiger partial charge in [-0.05, 0) is 49.4 Å². The minimum atomic E-state index is -3.70. The van der Waals surface area contributed by atoms with Gasteiger partial charge < -0.3 is 14.5 Å². The highest BCUT2D eigenvalue weighted by Gasteiger charge is 2.25. The summed E-state index contributed by atoms with van der Waals surface area (Å²) in [6.07, 6.45) is 6.07. The van der Waals surface area contributed by atoms with Gasteiger partial charge in [-0.2, -0.15) is 5.26 Å². The van der Waals surface area contributed by atoms with Crippen molar-refractivity contribution in [3.8, 4) is 6.07 Å². The summed E-state index contributed by atoms with van der Waals surface area (Å²) < 4.78 is 35.5. The van der Waals surface area contributed by atoms with Crippen LogP contribution in [0.2, 0.25) is 0 Å². The number of rotatable bonds is 7. The molecule has 0 radical (unpaired) electrons. The number of anilines is 1. The number of hydrogen-bond acceptors (Lipinski definition) is 8. The zero-order chi connectivity index (χ0) is 24.1. The second kappa shape index (κ2) is 10.2. The molecule has 1 aliphatic carbocycles. The molecule has 176 valence electrons. The summed E-state index contributed by atoms with van der Waals surface area (Å²) in [6.45, 7) is -0.599. The van der Waals surface area contributed by atoms with Crippen molar-refractivity contribution in [2.45, 2.75) is 42.8 Å². The Morgan fingerprint density at radius 3 is 2.65 bits per heavy atom. The number of benzene rings is 1. The number of carbonyl (C=O) groups is 2. The van der Waals surface area contributed by atoms with E-state index in [9.17, 15) is 23.3 Å². The molecule has 4 rings (SSSR count). The Bertz CT molecular complexity index is 1350. The van der Waals surface area contributed by atoms with Gasteiger partial charge in [0.15, 0.2) is 16.4 Å². The SMILES string of the molecule is N#Cc1c(NC(=O)COC(=O)c2occc2CS(=O)(=O)c2ccccc2)sc2c1CCCCC2. The zero-order valence-electron chi connectivity index (χ0n) is 18.2. The number of nitriles is 1. The van der Waals surface area contributed by atoms with E-state index >= 15 is 0 Å². The van der Waals surface area contributed by atoms with E-state index < -0.39 is 34.1 Å². The number of esters is 1. The van der Waals surface area contributed by atoms with Crippen molar-refractivity contribution in [3.05, 3.63) is 70.0 Å². The van der Waals surface area contributed by atoms with Crippen LogP contribution in [0.3, 0.4) is 0 Å². The standard InChI is InChI=1S/C24H22N2O6S2/c25-13-19-18-9-5-2-6-10-20(18)33-23(19)26-21(27)14-32-24(28)22-16(11-12-31-22)15-34(29,30)17-7-3-1-4-8-17/h1,3-4,7-8,11-12H,2,5-6,9-10,14-15H2,(H,26,27). The molecular weight excluding hydrogens is 476 g/mol. The third-order valence-corrected chi connectivity index (χ3v) is 8.39. The highest BCUT2D eigenvalue weighted by Crippen LogP contribution is 2.37. The molecule has 0 saturated carbocycles. The average Bonchev–Trinajstić information content (AvgIpc) is 3.34. The number of amides is 1. The third kappa shape index (κ3) is 5.21. The van der Waals surface area contributed by atoms with E-state index in [2.05, 4.69) is 11.4 Å². The van der Waals surface area contributed by atoms with E-state index in [1.165, 1.54) is 35.8 Å². The highest BCUT2D eigenvalue weighted by molar-refractivity contribution is 7.90. The summed E-state index contributed by atoms with van der Waals surface area (Å²) in [5, 5.41) is 12.7. The molecule has 1 N–H and O–H groups in total. The molecule has 0 bridgehead atoms. The maximum absolute atomic E-state index is 12.6. The Morgan fingerprint density at radius 2 is 1.88 bits per heavy atom. The minimum absolute atomic E-state index is 0.123. The van der Waals surface area contributed by atoms with Crippen molar-refractivity contribution in [1.82, 2.24) is 0 Å². The van der Waals surface area contributed by atoms with E-state index in [1.54, 1.807) is 18.2 Å². The predicted octanol–water partition coefficient (Wildman–Crippen LogP) is 4.25. The maximum atomic E-state index is 12.6. The van der Waals surface area contributed by atoms with E-state index in [0.717, 1.165) is 42.5 Å². The van der Waals surface area contributed by atoms with Gasteiger partial charge in [-0.25, -0.2) is 13.2 Å². The monoisotopic (exact) mass is 498 g/mol. The molecule has 34 heavy (non-hydrogen) atoms. The second-order valence-corrected chi connectivity index (χ2v) is 10.9. The Kier molecular flexibility index (Phi) is 7.14. The first kappa shape index (κ1) is 23.7. The maximum Gasteiger partial charge on any atom is 0.375 e. The lowest BCUT2D eigenvalue weighted by atomic mass is 10.1. The number of furan rings is 1. The second-order valence-electron chi connectivity index (χ2n) is 7.85. The van der Waals surface area contributed by atoms with Crippen molar-refractivity contribution in [3.63, 3.8) is 0 Å². The summed E-state index contributed by atoms with van der Waals surface area (Å²) >= 11 is 1.39. The first-order chi connectivity index (χ1) is 16.4. The number of fused-ring (bicyclic) bond motifs is 1. The van der Waals surface area contributed by atoms with E-state index in [4.69, 9.17) is 9.15 Å². The fourth-order valence-electron chi connectivity index (χ4n) is 3.85. The van der Waals surface area contributed by atoms with Crippen molar-refractivity contribution < 1.29 is 27.2 Å². The smallest absolute Gasteiger partial charge is 0.375 e. The number of ether oxygens (including phenoxy) is 1. The summed E-state index contributed by atoms with van der Waals surface area (Å²) in [7, 11) is -3.70. The number of sulfone groups is 1. The minimum Gasteiger partial charge on any atom is -0.457 e. The predicted molar refractivity (Wildman–Crippen MR) is 125 cm³/mol. The molecule has 0 atom stereocenters. The van der Waals surface area contributed by atoms with Crippen LogP contribution >= 0.6 is 11.3 Å². The van der Waals surface area contributed by atoms with Crippen LogP contribution in [0.5, 0.6) is 0 Å². The molecule has 0 unspecified atom stereocenters. The molecule has 3 aromatic rings. The van der Waals surface area contributed by atoms with Gasteiger partial charge >= 0.3 is 5.97 Å². The van der Waals surface area contributed by atoms with Crippen molar-refractivity contribution in [2.24, 2.45) is 0 Å². The Labute approximate surface area is 201 Å². The summed E-state index contributed by atoms with van der Waals surface area (Å²) in [4.78, 5) is 26.1. The molecule has 1 aliphatic rings. The number of aryl methyl sites for hydroxylation is 1. The summed E-state index contributed by atoms with van der Waals surface area (Å²) in [5.41, 5.74) is 1.61. The molecule has 1 amide bonds. The van der Waals surface area contributed by atoms with Gasteiger partial charge in [-0.3, -0.25) is 4.79 Å². The van der Waals surface area contributed by atoms with Crippen LogP contribution in [0.25, 0.3) is 0 Å². The topological polar surface area (TPSA) is 126 Å². The quantitative estimate of drug-likeness (QED) is 0.381. The van der Waals surface area contributed by atoms with Crippen LogP contribution < -0.4 is 5.32 Å². The van der Waals surface area contributed by atoms with Crippen LogP contribution in [-0.2, 0) is 38.0 Å². The largest absolute Gasteiger partial charge is 0.457 e. The lowest BCUT2D eigenvalue weighted by Crippen LogP contribution is -2.21. The number of thiophene rings is 1. The first-order valence-electron chi connectivity index (χ1n) is 10.7. The lowest BCUT2D eigenvalue weighted by Gasteiger charge is -2.07. The van der Waals surface area contributed by atoms with Crippen LogP contribution in [0.1, 0.15) is 51.4 Å². The van der Waals surface area contributed by atoms with Gasteiger partial charge in [0.2, 0.25) is 5.76 Å². The number of carbonyl (C=O) groups excluding carboxylic acids is 2. The molecule has 0 aliphatic heterocycles. The average molecular weight is 499 g/mol. The van der Waals surface area contributed by atoms with Gasteiger partial charge in [0.1, 0.15) is 11.1 Å².